The van der Waals surface area contributed by atoms with Crippen LogP contribution in [-0.4, -0.2) is 27.4 Å². The first-order valence-corrected chi connectivity index (χ1v) is 6.15. The van der Waals surface area contributed by atoms with Crippen LogP contribution in [0.2, 0.25) is 0 Å². The van der Waals surface area contributed by atoms with Crippen LogP contribution in [0.1, 0.15) is 16.1 Å². The lowest BCUT2D eigenvalue weighted by molar-refractivity contribution is 0.102. The molecule has 2 rings (SSSR count). The minimum absolute atomic E-state index is 0.0909. The van der Waals surface area contributed by atoms with Crippen molar-refractivity contribution < 1.29 is 9.90 Å². The van der Waals surface area contributed by atoms with E-state index in [1.807, 2.05) is 12.1 Å². The van der Waals surface area contributed by atoms with Crippen molar-refractivity contribution in [2.45, 2.75) is 6.42 Å². The van der Waals surface area contributed by atoms with Gasteiger partial charge in [0.05, 0.1) is 0 Å². The van der Waals surface area contributed by atoms with Crippen molar-refractivity contribution in [3.63, 3.8) is 0 Å². The molecule has 0 aliphatic rings. The number of aliphatic hydroxyl groups is 1. The van der Waals surface area contributed by atoms with Gasteiger partial charge in [0.25, 0.3) is 11.5 Å². The van der Waals surface area contributed by atoms with Gasteiger partial charge in [-0.15, -0.1) is 0 Å². The van der Waals surface area contributed by atoms with Crippen LogP contribution in [0.15, 0.2) is 41.2 Å². The number of hydrogen-bond acceptors (Lipinski definition) is 4. The molecule has 0 aliphatic carbocycles. The Bertz CT molecular complexity index is 662. The van der Waals surface area contributed by atoms with Crippen LogP contribution >= 0.6 is 0 Å². The minimum atomic E-state index is -0.379. The van der Waals surface area contributed by atoms with E-state index in [0.29, 0.717) is 12.1 Å². The van der Waals surface area contributed by atoms with Crippen LogP contribution in [0, 0.1) is 0 Å². The second-order valence-corrected chi connectivity index (χ2v) is 4.31. The van der Waals surface area contributed by atoms with Crippen molar-refractivity contribution in [3.8, 4) is 0 Å². The summed E-state index contributed by atoms with van der Waals surface area (Å²) < 4.78 is 1.11. The predicted molar refractivity (Wildman–Crippen MR) is 74.7 cm³/mol. The Morgan fingerprint density at radius 3 is 2.55 bits per heavy atom. The van der Waals surface area contributed by atoms with Crippen LogP contribution in [0.5, 0.6) is 0 Å². The highest BCUT2D eigenvalue weighted by Crippen LogP contribution is 2.10. The highest BCUT2D eigenvalue weighted by Gasteiger charge is 2.08. The van der Waals surface area contributed by atoms with Gasteiger partial charge in [0, 0.05) is 25.4 Å². The molecule has 2 aromatic rings. The Kier molecular flexibility index (Phi) is 4.27. The van der Waals surface area contributed by atoms with Gasteiger partial charge in [-0.3, -0.25) is 9.59 Å². The van der Waals surface area contributed by atoms with Gasteiger partial charge in [-0.2, -0.15) is 5.10 Å². The Labute approximate surface area is 115 Å². The number of amides is 1. The highest BCUT2D eigenvalue weighted by molar-refractivity contribution is 6.02. The molecule has 1 heterocycles. The van der Waals surface area contributed by atoms with Gasteiger partial charge >= 0.3 is 0 Å². The maximum atomic E-state index is 12.0. The maximum Gasteiger partial charge on any atom is 0.276 e. The zero-order valence-corrected chi connectivity index (χ0v) is 11.0. The van der Waals surface area contributed by atoms with E-state index in [1.165, 1.54) is 19.2 Å². The first-order valence-electron chi connectivity index (χ1n) is 6.15. The van der Waals surface area contributed by atoms with Crippen LogP contribution in [0.3, 0.4) is 0 Å². The summed E-state index contributed by atoms with van der Waals surface area (Å²) in [7, 11) is 1.49. The maximum absolute atomic E-state index is 12.0. The number of carbonyl (C=O) groups excluding carboxylic acids is 1. The normalized spacial score (nSPS) is 10.3. The molecule has 0 spiro atoms. The fraction of sp³-hybridized carbons (Fsp3) is 0.214. The molecule has 2 N–H and O–H groups in total. The molecule has 1 aromatic carbocycles. The number of nitrogens with zero attached hydrogens (tertiary/aromatic N) is 2. The summed E-state index contributed by atoms with van der Waals surface area (Å²) in [6.45, 7) is 0.0909. The van der Waals surface area contributed by atoms with Crippen molar-refractivity contribution in [1.29, 1.82) is 0 Å². The van der Waals surface area contributed by atoms with Gasteiger partial charge in [-0.05, 0) is 30.2 Å². The average molecular weight is 273 g/mol. The molecular formula is C14H15N3O3. The Hall–Kier alpha value is -2.47. The molecule has 1 aromatic heterocycles. The monoisotopic (exact) mass is 273 g/mol. The third-order valence-corrected chi connectivity index (χ3v) is 2.81. The van der Waals surface area contributed by atoms with Gasteiger partial charge in [-0.1, -0.05) is 12.1 Å². The van der Waals surface area contributed by atoms with Crippen LogP contribution < -0.4 is 10.9 Å². The fourth-order valence-electron chi connectivity index (χ4n) is 1.70. The lowest BCUT2D eigenvalue weighted by Gasteiger charge is -2.06. The molecule has 0 unspecified atom stereocenters. The van der Waals surface area contributed by atoms with E-state index in [-0.39, 0.29) is 23.8 Å². The van der Waals surface area contributed by atoms with Crippen molar-refractivity contribution >= 4 is 11.6 Å². The van der Waals surface area contributed by atoms with E-state index in [0.717, 1.165) is 10.2 Å². The molecular weight excluding hydrogens is 258 g/mol. The SMILES string of the molecule is Cn1nc(C(=O)Nc2ccc(CCO)cc2)ccc1=O. The molecule has 0 saturated heterocycles. The number of rotatable bonds is 4. The first-order chi connectivity index (χ1) is 9.60. The van der Waals surface area contributed by atoms with E-state index < -0.39 is 0 Å². The van der Waals surface area contributed by atoms with Crippen molar-refractivity contribution in [2.24, 2.45) is 7.05 Å². The van der Waals surface area contributed by atoms with Crippen molar-refractivity contribution in [3.05, 3.63) is 58.0 Å². The lowest BCUT2D eigenvalue weighted by Crippen LogP contribution is -2.23. The van der Waals surface area contributed by atoms with Crippen molar-refractivity contribution in [2.75, 3.05) is 11.9 Å². The number of aryl methyl sites for hydroxylation is 1. The summed E-state index contributed by atoms with van der Waals surface area (Å²) in [6, 6.07) is 9.86. The second kappa shape index (κ2) is 6.12. The number of carbonyl (C=O) groups is 1. The van der Waals surface area contributed by atoms with Gasteiger partial charge in [0.1, 0.15) is 5.69 Å². The van der Waals surface area contributed by atoms with Gasteiger partial charge in [0.2, 0.25) is 0 Å². The Morgan fingerprint density at radius 2 is 1.95 bits per heavy atom. The van der Waals surface area contributed by atoms with Crippen molar-refractivity contribution in [1.82, 2.24) is 9.78 Å². The number of hydrogen-bond donors (Lipinski definition) is 2. The van der Waals surface area contributed by atoms with Crippen LogP contribution in [0.4, 0.5) is 5.69 Å². The summed E-state index contributed by atoms with van der Waals surface area (Å²) in [5.41, 5.74) is 1.53. The van der Waals surface area contributed by atoms with E-state index in [2.05, 4.69) is 10.4 Å². The van der Waals surface area contributed by atoms with Gasteiger partial charge in [0.15, 0.2) is 0 Å². The summed E-state index contributed by atoms with van der Waals surface area (Å²) in [5, 5.41) is 15.4. The van der Waals surface area contributed by atoms with E-state index >= 15 is 0 Å². The molecule has 20 heavy (non-hydrogen) atoms. The quantitative estimate of drug-likeness (QED) is 0.853. The van der Waals surface area contributed by atoms with E-state index in [4.69, 9.17) is 5.11 Å². The Balaban J connectivity index is 2.10. The molecule has 0 saturated carbocycles. The zero-order valence-electron chi connectivity index (χ0n) is 11.0. The molecule has 0 fully saturated rings. The largest absolute Gasteiger partial charge is 0.396 e. The molecule has 1 amide bonds. The first kappa shape index (κ1) is 14.0. The third-order valence-electron chi connectivity index (χ3n) is 2.81. The van der Waals surface area contributed by atoms with E-state index in [1.54, 1.807) is 12.1 Å². The number of aromatic nitrogens is 2. The van der Waals surface area contributed by atoms with Gasteiger partial charge in [-0.25, -0.2) is 4.68 Å². The smallest absolute Gasteiger partial charge is 0.276 e. The van der Waals surface area contributed by atoms with Gasteiger partial charge < -0.3 is 10.4 Å². The van der Waals surface area contributed by atoms with Crippen LogP contribution in [0.25, 0.3) is 0 Å². The summed E-state index contributed by atoms with van der Waals surface area (Å²) in [5.74, 6) is -0.379. The minimum Gasteiger partial charge on any atom is -0.396 e. The van der Waals surface area contributed by atoms with E-state index in [9.17, 15) is 9.59 Å². The summed E-state index contributed by atoms with van der Waals surface area (Å²) >= 11 is 0. The highest BCUT2D eigenvalue weighted by atomic mass is 16.3. The fourth-order valence-corrected chi connectivity index (χ4v) is 1.70. The average Bonchev–Trinajstić information content (AvgIpc) is 2.44. The topological polar surface area (TPSA) is 84.2 Å². The Morgan fingerprint density at radius 1 is 1.25 bits per heavy atom. The predicted octanol–water partition coefficient (Wildman–Crippen LogP) is 0.567. The molecule has 104 valence electrons. The number of benzene rings is 1. The third kappa shape index (κ3) is 3.30. The number of anilines is 1. The lowest BCUT2D eigenvalue weighted by atomic mass is 10.1. The number of aliphatic hydroxyl groups excluding tert-OH is 1. The zero-order chi connectivity index (χ0) is 14.5. The molecule has 0 radical (unpaired) electrons. The summed E-state index contributed by atoms with van der Waals surface area (Å²) in [6.07, 6.45) is 0.580. The molecule has 6 heteroatoms. The molecule has 0 aliphatic heterocycles. The van der Waals surface area contributed by atoms with Crippen LogP contribution in [-0.2, 0) is 13.5 Å². The molecule has 0 bridgehead atoms. The summed E-state index contributed by atoms with van der Waals surface area (Å²) in [4.78, 5) is 23.2. The molecule has 0 atom stereocenters. The standard InChI is InChI=1S/C14H15N3O3/c1-17-13(19)7-6-12(16-17)14(20)15-11-4-2-10(3-5-11)8-9-18/h2-7,18H,8-9H2,1H3,(H,15,20). The second-order valence-electron chi connectivity index (χ2n) is 4.31. The number of nitrogens with one attached hydrogen (secondary N) is 1. The molecule has 6 nitrogen and oxygen atoms in total.